The van der Waals surface area contributed by atoms with Crippen molar-refractivity contribution in [1.82, 2.24) is 10.5 Å². The van der Waals surface area contributed by atoms with Gasteiger partial charge in [-0.1, -0.05) is 44.8 Å². The number of nitrogens with one attached hydrogen (secondary N) is 1. The van der Waals surface area contributed by atoms with Gasteiger partial charge in [-0.15, -0.1) is 11.3 Å². The Balaban J connectivity index is 1.67. The lowest BCUT2D eigenvalue weighted by Crippen LogP contribution is -2.21. The molecule has 2 aromatic heterocycles. The van der Waals surface area contributed by atoms with Crippen LogP contribution in [0.3, 0.4) is 0 Å². The standard InChI is InChI=1S/C15H10BrClN2O2S/c16-10-3-1-2-9(6-10)13-7-11(21-19-13)8-18-15(20)14-12(17)4-5-22-14/h1-7H,8H2,(H,18,20). The van der Waals surface area contributed by atoms with E-state index in [0.29, 0.717) is 15.7 Å². The number of rotatable bonds is 4. The summed E-state index contributed by atoms with van der Waals surface area (Å²) in [6, 6.07) is 11.3. The lowest BCUT2D eigenvalue weighted by atomic mass is 10.1. The molecule has 1 amide bonds. The first-order chi connectivity index (χ1) is 10.6. The van der Waals surface area contributed by atoms with E-state index in [4.69, 9.17) is 16.1 Å². The van der Waals surface area contributed by atoms with Crippen molar-refractivity contribution in [1.29, 1.82) is 0 Å². The molecule has 3 rings (SSSR count). The van der Waals surface area contributed by atoms with E-state index in [1.807, 2.05) is 24.3 Å². The Bertz CT molecular complexity index is 815. The van der Waals surface area contributed by atoms with Crippen LogP contribution < -0.4 is 5.32 Å². The second-order valence-electron chi connectivity index (χ2n) is 4.47. The number of hydrogen-bond donors (Lipinski definition) is 1. The lowest BCUT2D eigenvalue weighted by Gasteiger charge is -2.00. The van der Waals surface area contributed by atoms with Crippen molar-refractivity contribution < 1.29 is 9.32 Å². The summed E-state index contributed by atoms with van der Waals surface area (Å²) in [4.78, 5) is 12.5. The maximum Gasteiger partial charge on any atom is 0.263 e. The number of halogens is 2. The molecule has 0 atom stereocenters. The molecule has 1 N–H and O–H groups in total. The molecule has 22 heavy (non-hydrogen) atoms. The van der Waals surface area contributed by atoms with E-state index in [2.05, 4.69) is 26.4 Å². The summed E-state index contributed by atoms with van der Waals surface area (Å²) >= 11 is 10.6. The molecule has 112 valence electrons. The summed E-state index contributed by atoms with van der Waals surface area (Å²) in [6.45, 7) is 0.258. The number of amides is 1. The van der Waals surface area contributed by atoms with Gasteiger partial charge in [0.2, 0.25) is 0 Å². The largest absolute Gasteiger partial charge is 0.359 e. The highest BCUT2D eigenvalue weighted by molar-refractivity contribution is 9.10. The average Bonchev–Trinajstić information content (AvgIpc) is 3.14. The molecule has 1 aromatic carbocycles. The maximum atomic E-state index is 12.0. The van der Waals surface area contributed by atoms with Crippen LogP contribution in [-0.2, 0) is 6.54 Å². The van der Waals surface area contributed by atoms with E-state index in [1.54, 1.807) is 17.5 Å². The van der Waals surface area contributed by atoms with Crippen molar-refractivity contribution in [3.63, 3.8) is 0 Å². The molecule has 0 spiro atoms. The van der Waals surface area contributed by atoms with Gasteiger partial charge in [0.15, 0.2) is 5.76 Å². The molecule has 0 fully saturated rings. The Labute approximate surface area is 144 Å². The van der Waals surface area contributed by atoms with E-state index in [9.17, 15) is 4.79 Å². The van der Waals surface area contributed by atoms with Gasteiger partial charge in [-0.05, 0) is 23.6 Å². The molecule has 0 saturated heterocycles. The van der Waals surface area contributed by atoms with Gasteiger partial charge in [0, 0.05) is 16.1 Å². The van der Waals surface area contributed by atoms with Crippen LogP contribution in [0.4, 0.5) is 0 Å². The van der Waals surface area contributed by atoms with Crippen LogP contribution in [-0.4, -0.2) is 11.1 Å². The predicted molar refractivity (Wildman–Crippen MR) is 90.1 cm³/mol. The molecular weight excluding hydrogens is 388 g/mol. The highest BCUT2D eigenvalue weighted by Crippen LogP contribution is 2.23. The average molecular weight is 398 g/mol. The Hall–Kier alpha value is -1.63. The van der Waals surface area contributed by atoms with Crippen molar-refractivity contribution in [3.8, 4) is 11.3 Å². The number of nitrogens with zero attached hydrogens (tertiary/aromatic N) is 1. The van der Waals surface area contributed by atoms with Crippen LogP contribution in [0.1, 0.15) is 15.4 Å². The molecule has 0 aliphatic heterocycles. The molecule has 2 heterocycles. The second kappa shape index (κ2) is 6.64. The van der Waals surface area contributed by atoms with E-state index in [-0.39, 0.29) is 12.5 Å². The molecule has 0 aliphatic rings. The maximum absolute atomic E-state index is 12.0. The molecule has 0 radical (unpaired) electrons. The van der Waals surface area contributed by atoms with Crippen LogP contribution >= 0.6 is 38.9 Å². The zero-order chi connectivity index (χ0) is 15.5. The zero-order valence-corrected chi connectivity index (χ0v) is 14.3. The number of hydrogen-bond acceptors (Lipinski definition) is 4. The van der Waals surface area contributed by atoms with Gasteiger partial charge in [-0.25, -0.2) is 0 Å². The molecule has 0 aliphatic carbocycles. The second-order valence-corrected chi connectivity index (χ2v) is 6.71. The molecule has 7 heteroatoms. The van der Waals surface area contributed by atoms with Gasteiger partial charge in [-0.2, -0.15) is 0 Å². The number of thiophene rings is 1. The molecule has 3 aromatic rings. The summed E-state index contributed by atoms with van der Waals surface area (Å²) in [7, 11) is 0. The highest BCUT2D eigenvalue weighted by atomic mass is 79.9. The number of aromatic nitrogens is 1. The monoisotopic (exact) mass is 396 g/mol. The molecular formula is C15H10BrClN2O2S. The minimum Gasteiger partial charge on any atom is -0.359 e. The molecule has 0 bridgehead atoms. The molecule has 0 saturated carbocycles. The van der Waals surface area contributed by atoms with E-state index in [0.717, 1.165) is 15.7 Å². The predicted octanol–water partition coefficient (Wildman–Crippen LogP) is 4.75. The normalized spacial score (nSPS) is 10.6. The van der Waals surface area contributed by atoms with Crippen molar-refractivity contribution in [2.45, 2.75) is 6.54 Å². The summed E-state index contributed by atoms with van der Waals surface area (Å²) in [6.07, 6.45) is 0. The fourth-order valence-corrected chi connectivity index (χ4v) is 3.34. The first-order valence-corrected chi connectivity index (χ1v) is 8.41. The Morgan fingerprint density at radius 3 is 2.95 bits per heavy atom. The van der Waals surface area contributed by atoms with Crippen molar-refractivity contribution in [2.24, 2.45) is 0 Å². The van der Waals surface area contributed by atoms with Gasteiger partial charge in [0.05, 0.1) is 11.6 Å². The third kappa shape index (κ3) is 3.40. The Kier molecular flexibility index (Phi) is 4.61. The topological polar surface area (TPSA) is 55.1 Å². The van der Waals surface area contributed by atoms with Crippen LogP contribution in [0.25, 0.3) is 11.3 Å². The highest BCUT2D eigenvalue weighted by Gasteiger charge is 2.13. The quantitative estimate of drug-likeness (QED) is 0.691. The van der Waals surface area contributed by atoms with Crippen LogP contribution in [0.15, 0.2) is 50.8 Å². The van der Waals surface area contributed by atoms with E-state index >= 15 is 0 Å². The van der Waals surface area contributed by atoms with Crippen molar-refractivity contribution in [2.75, 3.05) is 0 Å². The van der Waals surface area contributed by atoms with Crippen LogP contribution in [0.5, 0.6) is 0 Å². The SMILES string of the molecule is O=C(NCc1cc(-c2cccc(Br)c2)no1)c1sccc1Cl. The zero-order valence-electron chi connectivity index (χ0n) is 11.2. The third-order valence-corrected chi connectivity index (χ3v) is 4.76. The third-order valence-electron chi connectivity index (χ3n) is 2.93. The first-order valence-electron chi connectivity index (χ1n) is 6.36. The number of carbonyl (C=O) groups is 1. The van der Waals surface area contributed by atoms with Crippen molar-refractivity contribution >= 4 is 44.8 Å². The van der Waals surface area contributed by atoms with E-state index < -0.39 is 0 Å². The summed E-state index contributed by atoms with van der Waals surface area (Å²) in [5.41, 5.74) is 1.66. The van der Waals surface area contributed by atoms with Crippen LogP contribution in [0.2, 0.25) is 5.02 Å². The fourth-order valence-electron chi connectivity index (χ4n) is 1.88. The Morgan fingerprint density at radius 2 is 2.23 bits per heavy atom. The summed E-state index contributed by atoms with van der Waals surface area (Å²) in [5, 5.41) is 9.01. The van der Waals surface area contributed by atoms with E-state index in [1.165, 1.54) is 11.3 Å². The van der Waals surface area contributed by atoms with Gasteiger partial charge in [0.1, 0.15) is 10.6 Å². The van der Waals surface area contributed by atoms with Gasteiger partial charge < -0.3 is 9.84 Å². The fraction of sp³-hybridized carbons (Fsp3) is 0.0667. The Morgan fingerprint density at radius 1 is 1.36 bits per heavy atom. The van der Waals surface area contributed by atoms with Crippen LogP contribution in [0, 0.1) is 0 Å². The minimum absolute atomic E-state index is 0.222. The first kappa shape index (κ1) is 15.3. The van der Waals surface area contributed by atoms with Gasteiger partial charge in [0.25, 0.3) is 5.91 Å². The van der Waals surface area contributed by atoms with Gasteiger partial charge >= 0.3 is 0 Å². The lowest BCUT2D eigenvalue weighted by molar-refractivity contribution is 0.0951. The molecule has 4 nitrogen and oxygen atoms in total. The van der Waals surface area contributed by atoms with Gasteiger partial charge in [-0.3, -0.25) is 4.79 Å². The van der Waals surface area contributed by atoms with Crippen molar-refractivity contribution in [3.05, 3.63) is 61.9 Å². The number of carbonyl (C=O) groups excluding carboxylic acids is 1. The number of benzene rings is 1. The summed E-state index contributed by atoms with van der Waals surface area (Å²) < 4.78 is 6.22. The molecule has 0 unspecified atom stereocenters. The smallest absolute Gasteiger partial charge is 0.263 e. The summed E-state index contributed by atoms with van der Waals surface area (Å²) in [5.74, 6) is 0.358. The minimum atomic E-state index is -0.222.